The number of fused-ring (bicyclic) bond motifs is 3. The summed E-state index contributed by atoms with van der Waals surface area (Å²) in [5.41, 5.74) is 8.72. The molecule has 0 aliphatic carbocycles. The van der Waals surface area contributed by atoms with E-state index < -0.39 is 0 Å². The van der Waals surface area contributed by atoms with Crippen LogP contribution in [0.1, 0.15) is 53.4 Å². The molecule has 1 aliphatic heterocycles. The van der Waals surface area contributed by atoms with Gasteiger partial charge in [0.2, 0.25) is 5.82 Å². The quantitative estimate of drug-likeness (QED) is 0.358. The molecule has 9 heteroatoms. The van der Waals surface area contributed by atoms with Gasteiger partial charge in [-0.3, -0.25) is 0 Å². The number of nitrogens with zero attached hydrogens (tertiary/aromatic N) is 6. The maximum atomic E-state index is 6.50. The Kier molecular flexibility index (Phi) is 5.53. The predicted octanol–water partition coefficient (Wildman–Crippen LogP) is 5.39. The molecule has 1 N–H and O–H groups in total. The second kappa shape index (κ2) is 8.87. The highest BCUT2D eigenvalue weighted by atomic mass is 35.5. The zero-order valence-electron chi connectivity index (χ0n) is 20.2. The van der Waals surface area contributed by atoms with Gasteiger partial charge >= 0.3 is 0 Å². The second-order valence-electron chi connectivity index (χ2n) is 8.90. The van der Waals surface area contributed by atoms with Crippen molar-refractivity contribution in [3.05, 3.63) is 93.2 Å². The number of imidazole rings is 1. The Balaban J connectivity index is 1.48. The van der Waals surface area contributed by atoms with Crippen LogP contribution in [-0.4, -0.2) is 35.2 Å². The lowest BCUT2D eigenvalue weighted by atomic mass is 9.89. The van der Waals surface area contributed by atoms with Crippen molar-refractivity contribution < 1.29 is 4.74 Å². The molecule has 5 aromatic rings. The molecule has 1 aliphatic rings. The number of tetrazole rings is 1. The van der Waals surface area contributed by atoms with Gasteiger partial charge in [-0.15, -0.1) is 10.2 Å². The van der Waals surface area contributed by atoms with Crippen LogP contribution in [0.25, 0.3) is 22.3 Å². The lowest BCUT2D eigenvalue weighted by Gasteiger charge is -2.15. The van der Waals surface area contributed by atoms with Gasteiger partial charge < -0.3 is 9.30 Å². The van der Waals surface area contributed by atoms with Gasteiger partial charge in [-0.1, -0.05) is 48.9 Å². The summed E-state index contributed by atoms with van der Waals surface area (Å²) in [6, 6.07) is 16.4. The summed E-state index contributed by atoms with van der Waals surface area (Å²) in [5.74, 6) is 2.35. The molecule has 2 aromatic carbocycles. The Labute approximate surface area is 213 Å². The molecule has 180 valence electrons. The molecule has 3 aromatic heterocycles. The number of aromatic amines is 1. The third-order valence-corrected chi connectivity index (χ3v) is 6.84. The van der Waals surface area contributed by atoms with E-state index in [1.807, 2.05) is 38.1 Å². The van der Waals surface area contributed by atoms with Crippen molar-refractivity contribution in [2.24, 2.45) is 0 Å². The average Bonchev–Trinajstić information content (AvgIpc) is 3.50. The van der Waals surface area contributed by atoms with Crippen LogP contribution in [0.4, 0.5) is 0 Å². The number of pyridine rings is 1. The van der Waals surface area contributed by atoms with E-state index in [4.69, 9.17) is 26.3 Å². The van der Waals surface area contributed by atoms with Gasteiger partial charge in [-0.2, -0.15) is 5.21 Å². The number of benzene rings is 2. The molecular formula is C27H24ClN7O. The van der Waals surface area contributed by atoms with E-state index in [9.17, 15) is 0 Å². The van der Waals surface area contributed by atoms with Crippen LogP contribution in [0.15, 0.2) is 48.5 Å². The summed E-state index contributed by atoms with van der Waals surface area (Å²) in [7, 11) is 0. The summed E-state index contributed by atoms with van der Waals surface area (Å²) in [4.78, 5) is 9.53. The van der Waals surface area contributed by atoms with E-state index in [0.717, 1.165) is 68.3 Å². The zero-order valence-corrected chi connectivity index (χ0v) is 21.0. The molecule has 36 heavy (non-hydrogen) atoms. The molecule has 0 bridgehead atoms. The Morgan fingerprint density at radius 1 is 1.11 bits per heavy atom. The van der Waals surface area contributed by atoms with Crippen LogP contribution in [0, 0.1) is 6.92 Å². The summed E-state index contributed by atoms with van der Waals surface area (Å²) >= 11 is 6.50. The molecule has 0 fully saturated rings. The first-order chi connectivity index (χ1) is 17.5. The summed E-state index contributed by atoms with van der Waals surface area (Å²) in [5, 5.41) is 15.4. The molecule has 0 amide bonds. The standard InChI is InChI=1S/C27H24ClN7O/c1-4-23-30-25-21(28)11-15(2)29-27(25)35(23)13-17-9-10-19-18(12-17)14-36-22-8-6-5-7-20(22)24(19)16(3)26-31-33-34-32-26/h5-12H,4,13-14H2,1-3H3,(H,31,32,33,34)/b24-16+. The van der Waals surface area contributed by atoms with Gasteiger partial charge in [0, 0.05) is 23.3 Å². The van der Waals surface area contributed by atoms with Crippen molar-refractivity contribution in [1.82, 2.24) is 35.2 Å². The predicted molar refractivity (Wildman–Crippen MR) is 139 cm³/mol. The van der Waals surface area contributed by atoms with E-state index in [0.29, 0.717) is 24.0 Å². The lowest BCUT2D eigenvalue weighted by molar-refractivity contribution is 0.307. The Bertz CT molecular complexity index is 1640. The normalized spacial score (nSPS) is 14.2. The zero-order chi connectivity index (χ0) is 24.8. The van der Waals surface area contributed by atoms with Crippen molar-refractivity contribution in [1.29, 1.82) is 0 Å². The van der Waals surface area contributed by atoms with Crippen LogP contribution in [-0.2, 0) is 19.6 Å². The summed E-state index contributed by atoms with van der Waals surface area (Å²) in [6.07, 6.45) is 0.784. The van der Waals surface area contributed by atoms with Crippen LogP contribution in [0.2, 0.25) is 5.02 Å². The molecule has 0 atom stereocenters. The number of nitrogens with one attached hydrogen (secondary N) is 1. The number of H-pyrrole nitrogens is 1. The first-order valence-corrected chi connectivity index (χ1v) is 12.2. The fourth-order valence-corrected chi connectivity index (χ4v) is 5.16. The van der Waals surface area contributed by atoms with Crippen molar-refractivity contribution in [2.45, 2.75) is 40.3 Å². The first kappa shape index (κ1) is 22.4. The molecule has 0 saturated heterocycles. The van der Waals surface area contributed by atoms with E-state index in [2.05, 4.69) is 56.4 Å². The van der Waals surface area contributed by atoms with Crippen molar-refractivity contribution in [3.63, 3.8) is 0 Å². The highest BCUT2D eigenvalue weighted by molar-refractivity contribution is 6.34. The molecule has 0 saturated carbocycles. The highest BCUT2D eigenvalue weighted by Gasteiger charge is 2.23. The van der Waals surface area contributed by atoms with Gasteiger partial charge in [0.25, 0.3) is 0 Å². The minimum Gasteiger partial charge on any atom is -0.488 e. The molecular weight excluding hydrogens is 474 g/mol. The molecule has 0 radical (unpaired) electrons. The number of hydrogen-bond acceptors (Lipinski definition) is 6. The fourth-order valence-electron chi connectivity index (χ4n) is 4.88. The van der Waals surface area contributed by atoms with Gasteiger partial charge in [0.15, 0.2) is 5.65 Å². The van der Waals surface area contributed by atoms with E-state index in [-0.39, 0.29) is 0 Å². The molecule has 8 nitrogen and oxygen atoms in total. The first-order valence-electron chi connectivity index (χ1n) is 11.8. The monoisotopic (exact) mass is 497 g/mol. The number of aryl methyl sites for hydroxylation is 2. The number of para-hydroxylation sites is 1. The topological polar surface area (TPSA) is 94.4 Å². The third kappa shape index (κ3) is 3.74. The maximum Gasteiger partial charge on any atom is 0.201 e. The van der Waals surface area contributed by atoms with E-state index in [1.54, 1.807) is 0 Å². The summed E-state index contributed by atoms with van der Waals surface area (Å²) in [6.45, 7) is 7.15. The number of hydrogen-bond donors (Lipinski definition) is 1. The number of allylic oxidation sites excluding steroid dienone is 1. The van der Waals surface area contributed by atoms with Gasteiger partial charge in [0.05, 0.1) is 11.6 Å². The van der Waals surface area contributed by atoms with Crippen molar-refractivity contribution >= 4 is 33.9 Å². The number of rotatable bonds is 4. The van der Waals surface area contributed by atoms with Crippen LogP contribution < -0.4 is 4.74 Å². The molecule has 0 spiro atoms. The Morgan fingerprint density at radius 2 is 1.97 bits per heavy atom. The van der Waals surface area contributed by atoms with Crippen molar-refractivity contribution in [3.8, 4) is 5.75 Å². The van der Waals surface area contributed by atoms with Crippen LogP contribution in [0.3, 0.4) is 0 Å². The minimum atomic E-state index is 0.456. The number of aromatic nitrogens is 7. The SMILES string of the molecule is CCc1nc2c(Cl)cc(C)nc2n1Cc1ccc2c(c1)COc1ccccc1/C2=C(\C)c1nn[nH]n1. The van der Waals surface area contributed by atoms with Crippen LogP contribution in [0.5, 0.6) is 5.75 Å². The van der Waals surface area contributed by atoms with Crippen LogP contribution >= 0.6 is 11.6 Å². The number of ether oxygens (including phenoxy) is 1. The van der Waals surface area contributed by atoms with Gasteiger partial charge in [-0.05, 0) is 59.5 Å². The average molecular weight is 498 g/mol. The fraction of sp³-hybridized carbons (Fsp3) is 0.222. The van der Waals surface area contributed by atoms with E-state index >= 15 is 0 Å². The Morgan fingerprint density at radius 3 is 2.78 bits per heavy atom. The molecule has 6 rings (SSSR count). The minimum absolute atomic E-state index is 0.456. The maximum absolute atomic E-state index is 6.50. The highest BCUT2D eigenvalue weighted by Crippen LogP contribution is 2.40. The lowest BCUT2D eigenvalue weighted by Crippen LogP contribution is -2.07. The van der Waals surface area contributed by atoms with Gasteiger partial charge in [0.1, 0.15) is 23.7 Å². The van der Waals surface area contributed by atoms with E-state index in [1.165, 1.54) is 0 Å². The summed E-state index contributed by atoms with van der Waals surface area (Å²) < 4.78 is 8.42. The third-order valence-electron chi connectivity index (χ3n) is 6.56. The van der Waals surface area contributed by atoms with Gasteiger partial charge in [-0.25, -0.2) is 9.97 Å². The second-order valence-corrected chi connectivity index (χ2v) is 9.30. The largest absolute Gasteiger partial charge is 0.488 e. The number of halogens is 1. The molecule has 4 heterocycles. The smallest absolute Gasteiger partial charge is 0.201 e. The van der Waals surface area contributed by atoms with Crippen molar-refractivity contribution in [2.75, 3.05) is 0 Å². The molecule has 0 unspecified atom stereocenters. The Hall–Kier alpha value is -4.04.